The zero-order chi connectivity index (χ0) is 13.0. The number of hydrogen-bond donors (Lipinski definition) is 0. The maximum Gasteiger partial charge on any atom is 0.310 e. The molecule has 0 saturated carbocycles. The van der Waals surface area contributed by atoms with E-state index < -0.39 is 16.7 Å². The minimum Gasteiger partial charge on any atom is -0.466 e. The molecule has 0 amide bonds. The maximum atomic E-state index is 13.3. The Bertz CT molecular complexity index is 459. The van der Waals surface area contributed by atoms with Gasteiger partial charge in [0, 0.05) is 11.6 Å². The van der Waals surface area contributed by atoms with Crippen molar-refractivity contribution in [1.29, 1.82) is 0 Å². The van der Waals surface area contributed by atoms with Crippen LogP contribution in [0.1, 0.15) is 18.1 Å². The largest absolute Gasteiger partial charge is 0.466 e. The van der Waals surface area contributed by atoms with Crippen LogP contribution in [0.25, 0.3) is 0 Å². The van der Waals surface area contributed by atoms with Gasteiger partial charge in [0.25, 0.3) is 5.69 Å². The number of hydrogen-bond acceptors (Lipinski definition) is 4. The number of nitrogens with zero attached hydrogens (tertiary/aromatic N) is 1. The summed E-state index contributed by atoms with van der Waals surface area (Å²) < 4.78 is 18.0. The molecular weight excluding hydrogens is 229 g/mol. The van der Waals surface area contributed by atoms with Crippen molar-refractivity contribution in [3.63, 3.8) is 0 Å². The molecule has 1 rings (SSSR count). The molecule has 0 heterocycles. The van der Waals surface area contributed by atoms with Gasteiger partial charge < -0.3 is 4.74 Å². The van der Waals surface area contributed by atoms with Gasteiger partial charge >= 0.3 is 5.97 Å². The van der Waals surface area contributed by atoms with Crippen LogP contribution in [0.2, 0.25) is 0 Å². The maximum absolute atomic E-state index is 13.3. The molecule has 92 valence electrons. The van der Waals surface area contributed by atoms with Gasteiger partial charge in [-0.1, -0.05) is 0 Å². The molecule has 0 radical (unpaired) electrons. The first kappa shape index (κ1) is 13.1. The summed E-state index contributed by atoms with van der Waals surface area (Å²) in [5, 5.41) is 10.8. The third-order valence-electron chi connectivity index (χ3n) is 2.20. The van der Waals surface area contributed by atoms with Gasteiger partial charge in [-0.15, -0.1) is 0 Å². The Hall–Kier alpha value is -1.98. The van der Waals surface area contributed by atoms with Gasteiger partial charge in [0.05, 0.1) is 18.0 Å². The highest BCUT2D eigenvalue weighted by Crippen LogP contribution is 2.23. The SMILES string of the molecule is CCOC(=O)Cc1cc(F)c(C)cc1[N+](=O)[O-]. The van der Waals surface area contributed by atoms with E-state index in [1.54, 1.807) is 6.92 Å². The van der Waals surface area contributed by atoms with Crippen LogP contribution in [0.5, 0.6) is 0 Å². The summed E-state index contributed by atoms with van der Waals surface area (Å²) in [6.45, 7) is 3.24. The standard InChI is InChI=1S/C11H12FNO4/c1-3-17-11(14)6-8-5-9(12)7(2)4-10(8)13(15)16/h4-5H,3,6H2,1-2H3. The Morgan fingerprint density at radius 2 is 2.18 bits per heavy atom. The van der Waals surface area contributed by atoms with Gasteiger partial charge in [-0.05, 0) is 25.5 Å². The summed E-state index contributed by atoms with van der Waals surface area (Å²) in [5.74, 6) is -1.19. The zero-order valence-corrected chi connectivity index (χ0v) is 9.53. The van der Waals surface area contributed by atoms with E-state index in [-0.39, 0.29) is 29.8 Å². The van der Waals surface area contributed by atoms with Crippen molar-refractivity contribution in [2.75, 3.05) is 6.61 Å². The third kappa shape index (κ3) is 3.24. The van der Waals surface area contributed by atoms with E-state index in [0.29, 0.717) is 0 Å². The van der Waals surface area contributed by atoms with Gasteiger partial charge in [-0.3, -0.25) is 14.9 Å². The normalized spacial score (nSPS) is 10.1. The Morgan fingerprint density at radius 3 is 2.71 bits per heavy atom. The first-order valence-corrected chi connectivity index (χ1v) is 5.04. The van der Waals surface area contributed by atoms with E-state index in [2.05, 4.69) is 4.74 Å². The number of aryl methyl sites for hydroxylation is 1. The number of rotatable bonds is 4. The van der Waals surface area contributed by atoms with Crippen molar-refractivity contribution in [3.8, 4) is 0 Å². The van der Waals surface area contributed by atoms with Crippen LogP contribution in [0.3, 0.4) is 0 Å². The summed E-state index contributed by atoms with van der Waals surface area (Å²) in [7, 11) is 0. The van der Waals surface area contributed by atoms with E-state index in [9.17, 15) is 19.3 Å². The highest BCUT2D eigenvalue weighted by atomic mass is 19.1. The van der Waals surface area contributed by atoms with E-state index >= 15 is 0 Å². The summed E-state index contributed by atoms with van der Waals surface area (Å²) >= 11 is 0. The summed E-state index contributed by atoms with van der Waals surface area (Å²) in [6.07, 6.45) is -0.304. The molecule has 6 heteroatoms. The zero-order valence-electron chi connectivity index (χ0n) is 9.53. The number of carbonyl (C=O) groups excluding carboxylic acids is 1. The van der Waals surface area contributed by atoms with Crippen molar-refractivity contribution in [2.24, 2.45) is 0 Å². The third-order valence-corrected chi connectivity index (χ3v) is 2.20. The first-order chi connectivity index (χ1) is 7.95. The predicted molar refractivity (Wildman–Crippen MR) is 58.1 cm³/mol. The van der Waals surface area contributed by atoms with Crippen molar-refractivity contribution >= 4 is 11.7 Å². The Balaban J connectivity index is 3.08. The van der Waals surface area contributed by atoms with Gasteiger partial charge in [0.15, 0.2) is 0 Å². The van der Waals surface area contributed by atoms with E-state index in [0.717, 1.165) is 12.1 Å². The molecule has 0 spiro atoms. The number of nitro benzene ring substituents is 1. The molecule has 0 aliphatic heterocycles. The van der Waals surface area contributed by atoms with Crippen molar-refractivity contribution in [1.82, 2.24) is 0 Å². The molecular formula is C11H12FNO4. The van der Waals surface area contributed by atoms with Gasteiger partial charge in [0.2, 0.25) is 0 Å². The highest BCUT2D eigenvalue weighted by Gasteiger charge is 2.19. The van der Waals surface area contributed by atoms with Gasteiger partial charge in [-0.2, -0.15) is 0 Å². The van der Waals surface area contributed by atoms with Crippen LogP contribution < -0.4 is 0 Å². The molecule has 0 bridgehead atoms. The molecule has 5 nitrogen and oxygen atoms in total. The summed E-state index contributed by atoms with van der Waals surface area (Å²) in [6, 6.07) is 2.12. The average molecular weight is 241 g/mol. The van der Waals surface area contributed by atoms with Crippen LogP contribution >= 0.6 is 0 Å². The lowest BCUT2D eigenvalue weighted by Crippen LogP contribution is -2.09. The second kappa shape index (κ2) is 5.38. The van der Waals surface area contributed by atoms with Gasteiger partial charge in [0.1, 0.15) is 5.82 Å². The number of benzene rings is 1. The second-order valence-corrected chi connectivity index (χ2v) is 3.47. The van der Waals surface area contributed by atoms with E-state index in [1.807, 2.05) is 0 Å². The van der Waals surface area contributed by atoms with Crippen LogP contribution in [-0.2, 0) is 16.0 Å². The number of esters is 1. The number of carbonyl (C=O) groups is 1. The second-order valence-electron chi connectivity index (χ2n) is 3.47. The number of nitro groups is 1. The Labute approximate surface area is 97.3 Å². The molecule has 0 unspecified atom stereocenters. The molecule has 0 N–H and O–H groups in total. The molecule has 0 fully saturated rings. The molecule has 17 heavy (non-hydrogen) atoms. The predicted octanol–water partition coefficient (Wildman–Crippen LogP) is 2.15. The minimum atomic E-state index is -0.638. The molecule has 0 saturated heterocycles. The van der Waals surface area contributed by atoms with E-state index in [1.165, 1.54) is 6.92 Å². The summed E-state index contributed by atoms with van der Waals surface area (Å²) in [4.78, 5) is 21.3. The molecule has 0 aliphatic carbocycles. The molecule has 1 aromatic rings. The van der Waals surface area contributed by atoms with Gasteiger partial charge in [-0.25, -0.2) is 4.39 Å². The topological polar surface area (TPSA) is 69.4 Å². The molecule has 0 atom stereocenters. The van der Waals surface area contributed by atoms with Crippen LogP contribution in [0.15, 0.2) is 12.1 Å². The average Bonchev–Trinajstić information content (AvgIpc) is 2.23. The fourth-order valence-electron chi connectivity index (χ4n) is 1.39. The molecule has 0 aliphatic rings. The first-order valence-electron chi connectivity index (χ1n) is 5.04. The lowest BCUT2D eigenvalue weighted by atomic mass is 10.1. The number of halogens is 1. The summed E-state index contributed by atoms with van der Waals surface area (Å²) in [5.41, 5.74) is -0.0715. The van der Waals surface area contributed by atoms with E-state index in [4.69, 9.17) is 0 Å². The Morgan fingerprint density at radius 1 is 1.53 bits per heavy atom. The smallest absolute Gasteiger partial charge is 0.310 e. The van der Waals surface area contributed by atoms with Crippen LogP contribution in [-0.4, -0.2) is 17.5 Å². The fourth-order valence-corrected chi connectivity index (χ4v) is 1.39. The van der Waals surface area contributed by atoms with Crippen LogP contribution in [0.4, 0.5) is 10.1 Å². The van der Waals surface area contributed by atoms with Crippen molar-refractivity contribution < 1.29 is 18.8 Å². The number of ether oxygens (including phenoxy) is 1. The quantitative estimate of drug-likeness (QED) is 0.460. The fraction of sp³-hybridized carbons (Fsp3) is 0.364. The van der Waals surface area contributed by atoms with Crippen LogP contribution in [0, 0.1) is 22.9 Å². The monoisotopic (exact) mass is 241 g/mol. The highest BCUT2D eigenvalue weighted by molar-refractivity contribution is 5.74. The van der Waals surface area contributed by atoms with Crippen molar-refractivity contribution in [2.45, 2.75) is 20.3 Å². The lowest BCUT2D eigenvalue weighted by molar-refractivity contribution is -0.385. The minimum absolute atomic E-state index is 0.0246. The lowest BCUT2D eigenvalue weighted by Gasteiger charge is -2.05. The molecule has 1 aromatic carbocycles. The molecule has 0 aromatic heterocycles. The van der Waals surface area contributed by atoms with Crippen molar-refractivity contribution in [3.05, 3.63) is 39.2 Å². The Kier molecular flexibility index (Phi) is 4.14.